The van der Waals surface area contributed by atoms with Gasteiger partial charge in [-0.1, -0.05) is 0 Å². The van der Waals surface area contributed by atoms with E-state index in [4.69, 9.17) is 5.73 Å². The molecule has 4 nitrogen and oxygen atoms in total. The number of nitrogens with two attached hydrogens (primary N) is 1. The molecule has 2 rings (SSSR count). The summed E-state index contributed by atoms with van der Waals surface area (Å²) in [5.74, 6) is 0. The summed E-state index contributed by atoms with van der Waals surface area (Å²) >= 11 is 0. The van der Waals surface area contributed by atoms with Crippen LogP contribution in [0.2, 0.25) is 0 Å². The summed E-state index contributed by atoms with van der Waals surface area (Å²) in [6.45, 7) is 2.82. The second kappa shape index (κ2) is 4.31. The Labute approximate surface area is 95.3 Å². The molecular weight excluding hydrogens is 204 g/mol. The van der Waals surface area contributed by atoms with Gasteiger partial charge in [-0.2, -0.15) is 0 Å². The average molecular weight is 222 g/mol. The van der Waals surface area contributed by atoms with Crippen molar-refractivity contribution < 1.29 is 10.2 Å². The largest absolute Gasteiger partial charge is 0.399 e. The van der Waals surface area contributed by atoms with E-state index in [9.17, 15) is 10.2 Å². The Morgan fingerprint density at radius 2 is 2.19 bits per heavy atom. The number of nitrogen functional groups attached to an aromatic ring is 1. The molecule has 1 unspecified atom stereocenters. The van der Waals surface area contributed by atoms with Gasteiger partial charge in [0.15, 0.2) is 6.29 Å². The van der Waals surface area contributed by atoms with Crippen molar-refractivity contribution in [3.63, 3.8) is 0 Å². The van der Waals surface area contributed by atoms with Gasteiger partial charge in [0.25, 0.3) is 0 Å². The first-order chi connectivity index (χ1) is 7.59. The number of rotatable bonds is 2. The quantitative estimate of drug-likeness (QED) is 0.512. The normalized spacial score (nSPS) is 20.8. The van der Waals surface area contributed by atoms with Crippen molar-refractivity contribution in [1.29, 1.82) is 0 Å². The van der Waals surface area contributed by atoms with E-state index in [1.54, 1.807) is 0 Å². The Hall–Kier alpha value is -1.26. The van der Waals surface area contributed by atoms with E-state index in [1.807, 2.05) is 30.0 Å². The number of aliphatic hydroxyl groups excluding tert-OH is 1. The standard InChI is InChI=1S/C12H18N2O2/c1-8-7-9(4-5-10(8)13)14-6-2-3-11(14)12(15)16/h4-5,7,11-12,15-16H,2-3,6,13H2,1H3. The average Bonchev–Trinajstić information content (AvgIpc) is 2.71. The first kappa shape index (κ1) is 11.2. The van der Waals surface area contributed by atoms with Gasteiger partial charge in [0.2, 0.25) is 0 Å². The van der Waals surface area contributed by atoms with Gasteiger partial charge in [0.05, 0.1) is 6.04 Å². The lowest BCUT2D eigenvalue weighted by Gasteiger charge is -2.28. The number of nitrogens with zero attached hydrogens (tertiary/aromatic N) is 1. The van der Waals surface area contributed by atoms with Crippen molar-refractivity contribution in [2.45, 2.75) is 32.1 Å². The van der Waals surface area contributed by atoms with Gasteiger partial charge in [-0.05, 0) is 43.5 Å². The molecule has 16 heavy (non-hydrogen) atoms. The summed E-state index contributed by atoms with van der Waals surface area (Å²) < 4.78 is 0. The molecule has 1 atom stereocenters. The van der Waals surface area contributed by atoms with E-state index < -0.39 is 6.29 Å². The minimum absolute atomic E-state index is 0.192. The highest BCUT2D eigenvalue weighted by Gasteiger charge is 2.29. The third-order valence-electron chi connectivity index (χ3n) is 3.23. The van der Waals surface area contributed by atoms with Gasteiger partial charge in [0, 0.05) is 17.9 Å². The monoisotopic (exact) mass is 222 g/mol. The molecule has 0 aliphatic carbocycles. The number of hydrogen-bond acceptors (Lipinski definition) is 4. The van der Waals surface area contributed by atoms with Gasteiger partial charge in [-0.25, -0.2) is 0 Å². The van der Waals surface area contributed by atoms with E-state index in [1.165, 1.54) is 0 Å². The molecule has 1 fully saturated rings. The number of aryl methyl sites for hydroxylation is 1. The zero-order valence-corrected chi connectivity index (χ0v) is 9.43. The van der Waals surface area contributed by atoms with Gasteiger partial charge in [-0.15, -0.1) is 0 Å². The number of hydrogen-bond donors (Lipinski definition) is 3. The first-order valence-corrected chi connectivity index (χ1v) is 5.58. The topological polar surface area (TPSA) is 69.7 Å². The lowest BCUT2D eigenvalue weighted by molar-refractivity contribution is -0.0566. The van der Waals surface area contributed by atoms with E-state index >= 15 is 0 Å². The molecule has 88 valence electrons. The van der Waals surface area contributed by atoms with Crippen LogP contribution in [0.15, 0.2) is 18.2 Å². The summed E-state index contributed by atoms with van der Waals surface area (Å²) in [4.78, 5) is 2.04. The smallest absolute Gasteiger partial charge is 0.172 e. The Morgan fingerprint density at radius 3 is 2.81 bits per heavy atom. The zero-order chi connectivity index (χ0) is 11.7. The van der Waals surface area contributed by atoms with Crippen LogP contribution in [0, 0.1) is 6.92 Å². The molecule has 1 saturated heterocycles. The zero-order valence-electron chi connectivity index (χ0n) is 9.43. The van der Waals surface area contributed by atoms with Gasteiger partial charge in [0.1, 0.15) is 0 Å². The fourth-order valence-electron chi connectivity index (χ4n) is 2.26. The molecule has 1 aromatic rings. The molecule has 0 radical (unpaired) electrons. The Morgan fingerprint density at radius 1 is 1.44 bits per heavy atom. The van der Waals surface area contributed by atoms with E-state index in [-0.39, 0.29) is 6.04 Å². The van der Waals surface area contributed by atoms with Gasteiger partial charge in [-0.3, -0.25) is 0 Å². The molecule has 0 bridgehead atoms. The van der Waals surface area contributed by atoms with Gasteiger partial charge < -0.3 is 20.8 Å². The predicted octanol–water partition coefficient (Wildman–Crippen LogP) is 0.857. The van der Waals surface area contributed by atoms with Crippen LogP contribution in [0.5, 0.6) is 0 Å². The van der Waals surface area contributed by atoms with E-state index in [0.29, 0.717) is 0 Å². The molecule has 4 N–H and O–H groups in total. The third-order valence-corrected chi connectivity index (χ3v) is 3.23. The summed E-state index contributed by atoms with van der Waals surface area (Å²) in [6, 6.07) is 5.60. The summed E-state index contributed by atoms with van der Waals surface area (Å²) in [5.41, 5.74) is 8.57. The first-order valence-electron chi connectivity index (χ1n) is 5.58. The molecule has 4 heteroatoms. The molecule has 0 saturated carbocycles. The van der Waals surface area contributed by atoms with Crippen molar-refractivity contribution in [3.05, 3.63) is 23.8 Å². The maximum atomic E-state index is 9.30. The molecule has 0 amide bonds. The fourth-order valence-corrected chi connectivity index (χ4v) is 2.26. The predicted molar refractivity (Wildman–Crippen MR) is 64.2 cm³/mol. The highest BCUT2D eigenvalue weighted by molar-refractivity contribution is 5.59. The van der Waals surface area contributed by atoms with Crippen LogP contribution in [-0.4, -0.2) is 29.1 Å². The summed E-state index contributed by atoms with van der Waals surface area (Å²) in [6.07, 6.45) is 0.535. The van der Waals surface area contributed by atoms with Crippen molar-refractivity contribution in [3.8, 4) is 0 Å². The summed E-state index contributed by atoms with van der Waals surface area (Å²) in [7, 11) is 0. The van der Waals surface area contributed by atoms with Crippen LogP contribution >= 0.6 is 0 Å². The summed E-state index contributed by atoms with van der Waals surface area (Å²) in [5, 5.41) is 18.6. The highest BCUT2D eigenvalue weighted by atomic mass is 16.5. The molecule has 1 aliphatic heterocycles. The number of benzene rings is 1. The van der Waals surface area contributed by atoms with Crippen LogP contribution in [0.1, 0.15) is 18.4 Å². The fraction of sp³-hybridized carbons (Fsp3) is 0.500. The lowest BCUT2D eigenvalue weighted by Crippen LogP contribution is -2.38. The van der Waals surface area contributed by atoms with Crippen LogP contribution in [0.25, 0.3) is 0 Å². The molecule has 0 aromatic heterocycles. The van der Waals surface area contributed by atoms with Crippen molar-refractivity contribution in [1.82, 2.24) is 0 Å². The van der Waals surface area contributed by atoms with Crippen LogP contribution in [-0.2, 0) is 0 Å². The van der Waals surface area contributed by atoms with Crippen molar-refractivity contribution in [2.75, 3.05) is 17.2 Å². The second-order valence-electron chi connectivity index (χ2n) is 4.36. The second-order valence-corrected chi connectivity index (χ2v) is 4.36. The van der Waals surface area contributed by atoms with Crippen LogP contribution in [0.4, 0.5) is 11.4 Å². The SMILES string of the molecule is Cc1cc(N2CCCC2C(O)O)ccc1N. The van der Waals surface area contributed by atoms with Crippen molar-refractivity contribution in [2.24, 2.45) is 0 Å². The number of anilines is 2. The van der Waals surface area contributed by atoms with Gasteiger partial charge >= 0.3 is 0 Å². The van der Waals surface area contributed by atoms with Crippen LogP contribution in [0.3, 0.4) is 0 Å². The Bertz CT molecular complexity index is 379. The minimum Gasteiger partial charge on any atom is -0.399 e. The van der Waals surface area contributed by atoms with E-state index in [2.05, 4.69) is 0 Å². The maximum Gasteiger partial charge on any atom is 0.172 e. The Balaban J connectivity index is 2.26. The molecule has 1 aliphatic rings. The van der Waals surface area contributed by atoms with E-state index in [0.717, 1.165) is 36.3 Å². The maximum absolute atomic E-state index is 9.30. The number of aliphatic hydroxyl groups is 2. The minimum atomic E-state index is -1.28. The van der Waals surface area contributed by atoms with Crippen molar-refractivity contribution >= 4 is 11.4 Å². The molecule has 0 spiro atoms. The lowest BCUT2D eigenvalue weighted by atomic mass is 10.1. The Kier molecular flexibility index (Phi) is 3.03. The molecular formula is C12H18N2O2. The highest BCUT2D eigenvalue weighted by Crippen LogP contribution is 2.28. The molecule has 1 aromatic carbocycles. The van der Waals surface area contributed by atoms with Crippen LogP contribution < -0.4 is 10.6 Å². The third kappa shape index (κ3) is 1.99. The molecule has 1 heterocycles.